The highest BCUT2D eigenvalue weighted by molar-refractivity contribution is 7.99. The molecule has 6 heteroatoms. The Hall–Kier alpha value is -1.82. The highest BCUT2D eigenvalue weighted by atomic mass is 32.2. The molecule has 3 rings (SSSR count). The molecule has 25 heavy (non-hydrogen) atoms. The van der Waals surface area contributed by atoms with Gasteiger partial charge in [0.15, 0.2) is 11.0 Å². The van der Waals surface area contributed by atoms with Crippen molar-refractivity contribution in [3.05, 3.63) is 30.3 Å². The van der Waals surface area contributed by atoms with Crippen molar-refractivity contribution in [3.8, 4) is 11.4 Å². The average Bonchev–Trinajstić information content (AvgIpc) is 3.05. The number of carbonyl (C=O) groups excluding carboxylic acids is 1. The van der Waals surface area contributed by atoms with Gasteiger partial charge in [-0.05, 0) is 25.7 Å². The Morgan fingerprint density at radius 3 is 2.72 bits per heavy atom. The molecular weight excluding hydrogens is 332 g/mol. The van der Waals surface area contributed by atoms with Gasteiger partial charge < -0.3 is 9.88 Å². The summed E-state index contributed by atoms with van der Waals surface area (Å²) in [6, 6.07) is 10.4. The number of carbonyl (C=O) groups is 1. The molecule has 1 aliphatic rings. The summed E-state index contributed by atoms with van der Waals surface area (Å²) in [6.45, 7) is 5.08. The highest BCUT2D eigenvalue weighted by Crippen LogP contribution is 2.25. The number of nitrogens with one attached hydrogen (secondary N) is 1. The lowest BCUT2D eigenvalue weighted by atomic mass is 9.86. The first-order valence-electron chi connectivity index (χ1n) is 9.09. The molecule has 134 valence electrons. The predicted molar refractivity (Wildman–Crippen MR) is 101 cm³/mol. The number of nitrogens with zero attached hydrogens (tertiary/aromatic N) is 3. The summed E-state index contributed by atoms with van der Waals surface area (Å²) in [4.78, 5) is 12.3. The van der Waals surface area contributed by atoms with E-state index < -0.39 is 0 Å². The lowest BCUT2D eigenvalue weighted by Crippen LogP contribution is -2.41. The van der Waals surface area contributed by atoms with E-state index in [4.69, 9.17) is 0 Å². The number of thioether (sulfide) groups is 1. The number of benzene rings is 1. The van der Waals surface area contributed by atoms with Crippen LogP contribution in [0.5, 0.6) is 0 Å². The molecule has 1 aromatic carbocycles. The molecule has 0 aliphatic heterocycles. The second-order valence-corrected chi connectivity index (χ2v) is 7.58. The zero-order valence-electron chi connectivity index (χ0n) is 14.9. The van der Waals surface area contributed by atoms with Gasteiger partial charge in [-0.15, -0.1) is 10.2 Å². The summed E-state index contributed by atoms with van der Waals surface area (Å²) in [5.74, 6) is 1.91. The molecule has 2 aromatic rings. The zero-order valence-corrected chi connectivity index (χ0v) is 15.8. The maximum Gasteiger partial charge on any atom is 0.230 e. The molecule has 5 nitrogen and oxygen atoms in total. The van der Waals surface area contributed by atoms with Crippen molar-refractivity contribution in [2.45, 2.75) is 57.3 Å². The van der Waals surface area contributed by atoms with Gasteiger partial charge in [0.1, 0.15) is 0 Å². The Morgan fingerprint density at radius 1 is 1.24 bits per heavy atom. The molecule has 0 saturated heterocycles. The van der Waals surface area contributed by atoms with E-state index in [9.17, 15) is 4.79 Å². The molecule has 1 aromatic heterocycles. The van der Waals surface area contributed by atoms with Gasteiger partial charge in [0, 0.05) is 18.2 Å². The fourth-order valence-electron chi connectivity index (χ4n) is 3.39. The number of hydrogen-bond acceptors (Lipinski definition) is 4. The normalized spacial score (nSPS) is 20.4. The van der Waals surface area contributed by atoms with Gasteiger partial charge in [0.2, 0.25) is 5.91 Å². The van der Waals surface area contributed by atoms with Crippen LogP contribution < -0.4 is 5.32 Å². The maximum atomic E-state index is 12.3. The van der Waals surface area contributed by atoms with Crippen molar-refractivity contribution in [1.29, 1.82) is 0 Å². The smallest absolute Gasteiger partial charge is 0.230 e. The topological polar surface area (TPSA) is 59.8 Å². The van der Waals surface area contributed by atoms with Crippen LogP contribution in [0.2, 0.25) is 0 Å². The largest absolute Gasteiger partial charge is 0.352 e. The minimum atomic E-state index is 0.0932. The van der Waals surface area contributed by atoms with Crippen LogP contribution in [0.3, 0.4) is 0 Å². The van der Waals surface area contributed by atoms with Crippen LogP contribution >= 0.6 is 11.8 Å². The third kappa shape index (κ3) is 4.42. The molecule has 1 saturated carbocycles. The fraction of sp³-hybridized carbons (Fsp3) is 0.526. The van der Waals surface area contributed by atoms with Crippen LogP contribution in [-0.4, -0.2) is 32.5 Å². The standard InChI is InChI=1S/C19H26N4OS/c1-3-23-18(15-10-5-4-6-11-15)21-22-19(23)25-13-17(24)20-16-12-8-7-9-14(16)2/h4-6,10-11,14,16H,3,7-9,12-13H2,1-2H3,(H,20,24)/t14-,16+/m1/s1. The van der Waals surface area contributed by atoms with Crippen molar-refractivity contribution >= 4 is 17.7 Å². The molecule has 0 spiro atoms. The van der Waals surface area contributed by atoms with Crippen molar-refractivity contribution in [2.24, 2.45) is 5.92 Å². The Balaban J connectivity index is 1.61. The summed E-state index contributed by atoms with van der Waals surface area (Å²) in [5.41, 5.74) is 1.05. The van der Waals surface area contributed by atoms with Gasteiger partial charge in [-0.2, -0.15) is 0 Å². The molecular formula is C19H26N4OS. The predicted octanol–water partition coefficient (Wildman–Crippen LogP) is 3.75. The first-order valence-corrected chi connectivity index (χ1v) is 10.1. The first kappa shape index (κ1) is 18.0. The Bertz CT molecular complexity index is 701. The third-order valence-electron chi connectivity index (χ3n) is 4.86. The van der Waals surface area contributed by atoms with Crippen molar-refractivity contribution < 1.29 is 4.79 Å². The summed E-state index contributed by atoms with van der Waals surface area (Å²) in [7, 11) is 0. The van der Waals surface area contributed by atoms with E-state index >= 15 is 0 Å². The monoisotopic (exact) mass is 358 g/mol. The van der Waals surface area contributed by atoms with Gasteiger partial charge in [0.25, 0.3) is 0 Å². The highest BCUT2D eigenvalue weighted by Gasteiger charge is 2.23. The van der Waals surface area contributed by atoms with E-state index in [1.54, 1.807) is 0 Å². The van der Waals surface area contributed by atoms with E-state index in [2.05, 4.69) is 33.9 Å². The first-order chi connectivity index (χ1) is 12.2. The molecule has 2 atom stereocenters. The molecule has 0 unspecified atom stereocenters. The van der Waals surface area contributed by atoms with Crippen molar-refractivity contribution in [2.75, 3.05) is 5.75 Å². The number of hydrogen-bond donors (Lipinski definition) is 1. The Kier molecular flexibility index (Phi) is 6.13. The van der Waals surface area contributed by atoms with Gasteiger partial charge in [-0.3, -0.25) is 4.79 Å². The van der Waals surface area contributed by atoms with E-state index in [-0.39, 0.29) is 5.91 Å². The lowest BCUT2D eigenvalue weighted by Gasteiger charge is -2.29. The van der Waals surface area contributed by atoms with Crippen LogP contribution in [-0.2, 0) is 11.3 Å². The molecule has 1 N–H and O–H groups in total. The zero-order chi connectivity index (χ0) is 17.6. The molecule has 1 fully saturated rings. The van der Waals surface area contributed by atoms with E-state index in [1.807, 2.05) is 30.3 Å². The summed E-state index contributed by atoms with van der Waals surface area (Å²) >= 11 is 1.46. The van der Waals surface area contributed by atoms with Crippen LogP contribution in [0.1, 0.15) is 39.5 Å². The number of aromatic nitrogens is 3. The second-order valence-electron chi connectivity index (χ2n) is 6.64. The van der Waals surface area contributed by atoms with Gasteiger partial charge >= 0.3 is 0 Å². The summed E-state index contributed by atoms with van der Waals surface area (Å²) in [6.07, 6.45) is 4.81. The second kappa shape index (κ2) is 8.52. The maximum absolute atomic E-state index is 12.3. The molecule has 1 amide bonds. The van der Waals surface area contributed by atoms with Crippen LogP contribution in [0.25, 0.3) is 11.4 Å². The molecule has 1 aliphatic carbocycles. The van der Waals surface area contributed by atoms with E-state index in [0.29, 0.717) is 17.7 Å². The number of amides is 1. The van der Waals surface area contributed by atoms with E-state index in [0.717, 1.165) is 29.5 Å². The van der Waals surface area contributed by atoms with Gasteiger partial charge in [0.05, 0.1) is 5.75 Å². The third-order valence-corrected chi connectivity index (χ3v) is 5.82. The summed E-state index contributed by atoms with van der Waals surface area (Å²) < 4.78 is 2.07. The quantitative estimate of drug-likeness (QED) is 0.799. The Morgan fingerprint density at radius 2 is 2.00 bits per heavy atom. The minimum absolute atomic E-state index is 0.0932. The molecule has 1 heterocycles. The molecule has 0 bridgehead atoms. The van der Waals surface area contributed by atoms with E-state index in [1.165, 1.54) is 31.0 Å². The minimum Gasteiger partial charge on any atom is -0.352 e. The SMILES string of the molecule is CCn1c(SCC(=O)N[C@H]2CCCC[C@H]2C)nnc1-c1ccccc1. The fourth-order valence-corrected chi connectivity index (χ4v) is 4.20. The van der Waals surface area contributed by atoms with Gasteiger partial charge in [-0.1, -0.05) is 61.9 Å². The number of rotatable bonds is 6. The average molecular weight is 359 g/mol. The Labute approximate surface area is 153 Å². The van der Waals surface area contributed by atoms with Crippen LogP contribution in [0, 0.1) is 5.92 Å². The lowest BCUT2D eigenvalue weighted by molar-refractivity contribution is -0.119. The molecule has 0 radical (unpaired) electrons. The van der Waals surface area contributed by atoms with Gasteiger partial charge in [-0.25, -0.2) is 0 Å². The van der Waals surface area contributed by atoms with Crippen molar-refractivity contribution in [1.82, 2.24) is 20.1 Å². The summed E-state index contributed by atoms with van der Waals surface area (Å²) in [5, 5.41) is 12.6. The van der Waals surface area contributed by atoms with Crippen LogP contribution in [0.4, 0.5) is 0 Å². The van der Waals surface area contributed by atoms with Crippen LogP contribution in [0.15, 0.2) is 35.5 Å². The van der Waals surface area contributed by atoms with Crippen molar-refractivity contribution in [3.63, 3.8) is 0 Å².